The molecule has 7 nitrogen and oxygen atoms in total. The third kappa shape index (κ3) is 2.13. The lowest BCUT2D eigenvalue weighted by Crippen LogP contribution is -2.21. The van der Waals surface area contributed by atoms with Gasteiger partial charge in [-0.25, -0.2) is 4.79 Å². The fraction of sp³-hybridized carbons (Fsp3) is 0.231. The predicted octanol–water partition coefficient (Wildman–Crippen LogP) is 1.17. The molecule has 2 rings (SSSR count). The van der Waals surface area contributed by atoms with E-state index in [1.807, 2.05) is 6.92 Å². The Bertz CT molecular complexity index is 811. The zero-order valence-corrected chi connectivity index (χ0v) is 11.1. The van der Waals surface area contributed by atoms with Crippen LogP contribution in [0.3, 0.4) is 0 Å². The molecule has 20 heavy (non-hydrogen) atoms. The zero-order chi connectivity index (χ0) is 14.7. The van der Waals surface area contributed by atoms with Gasteiger partial charge in [0.05, 0.1) is 16.7 Å². The van der Waals surface area contributed by atoms with Crippen molar-refractivity contribution < 1.29 is 0 Å². The molecular weight excluding hydrogens is 256 g/mol. The molecule has 0 radical (unpaired) electrons. The molecule has 0 atom stereocenters. The summed E-state index contributed by atoms with van der Waals surface area (Å²) in [5.41, 5.74) is 4.47. The first-order chi connectivity index (χ1) is 9.62. The second kappa shape index (κ2) is 5.29. The molecule has 2 aromatic rings. The molecule has 7 heteroatoms. The number of hydrazone groups is 1. The summed E-state index contributed by atoms with van der Waals surface area (Å²) in [5.74, 6) is 0. The second-order valence-electron chi connectivity index (χ2n) is 4.09. The lowest BCUT2D eigenvalue weighted by molar-refractivity contribution is 0.712. The smallest absolute Gasteiger partial charge is 0.295 e. The summed E-state index contributed by atoms with van der Waals surface area (Å²) >= 11 is 0. The highest BCUT2D eigenvalue weighted by molar-refractivity contribution is 6.10. The van der Waals surface area contributed by atoms with Gasteiger partial charge in [0.2, 0.25) is 5.71 Å². The van der Waals surface area contributed by atoms with Gasteiger partial charge < -0.3 is 0 Å². The molecule has 0 aliphatic carbocycles. The number of nitrogens with one attached hydrogen (secondary N) is 1. The van der Waals surface area contributed by atoms with Crippen LogP contribution in [0.25, 0.3) is 11.0 Å². The van der Waals surface area contributed by atoms with E-state index in [9.17, 15) is 4.79 Å². The Morgan fingerprint density at radius 2 is 2.05 bits per heavy atom. The number of nitrogens with zero attached hydrogens (tertiary/aromatic N) is 5. The van der Waals surface area contributed by atoms with Gasteiger partial charge in [0, 0.05) is 13.6 Å². The molecule has 0 bridgehead atoms. The molecule has 1 heterocycles. The molecule has 0 spiro atoms. The summed E-state index contributed by atoms with van der Waals surface area (Å²) in [4.78, 5) is 12.0. The van der Waals surface area contributed by atoms with Crippen LogP contribution in [0.5, 0.6) is 0 Å². The van der Waals surface area contributed by atoms with Crippen molar-refractivity contribution in [3.05, 3.63) is 28.7 Å². The van der Waals surface area contributed by atoms with Crippen LogP contribution in [0.1, 0.15) is 6.92 Å². The molecule has 1 N–H and O–H groups in total. The van der Waals surface area contributed by atoms with Crippen molar-refractivity contribution in [2.45, 2.75) is 13.5 Å². The highest BCUT2D eigenvalue weighted by Gasteiger charge is 2.09. The summed E-state index contributed by atoms with van der Waals surface area (Å²) < 4.78 is 3.21. The summed E-state index contributed by atoms with van der Waals surface area (Å²) in [7, 11) is 1.69. The van der Waals surface area contributed by atoms with E-state index >= 15 is 0 Å². The number of aromatic nitrogens is 2. The van der Waals surface area contributed by atoms with Crippen LogP contribution in [-0.4, -0.2) is 14.8 Å². The second-order valence-corrected chi connectivity index (χ2v) is 4.09. The molecule has 1 aromatic carbocycles. The Labute approximate surface area is 115 Å². The average Bonchev–Trinajstić information content (AvgIpc) is 2.71. The summed E-state index contributed by atoms with van der Waals surface area (Å²) in [6.45, 7) is 2.50. The third-order valence-electron chi connectivity index (χ3n) is 2.97. The minimum absolute atomic E-state index is 0.0853. The van der Waals surface area contributed by atoms with Gasteiger partial charge in [0.15, 0.2) is 0 Å². The average molecular weight is 268 g/mol. The normalized spacial score (nSPS) is 9.80. The van der Waals surface area contributed by atoms with Crippen LogP contribution in [-0.2, 0) is 13.6 Å². The van der Waals surface area contributed by atoms with E-state index < -0.39 is 0 Å². The van der Waals surface area contributed by atoms with Crippen LogP contribution < -0.4 is 11.1 Å². The first-order valence-electron chi connectivity index (χ1n) is 5.95. The van der Waals surface area contributed by atoms with Gasteiger partial charge in [0.1, 0.15) is 12.1 Å². The van der Waals surface area contributed by atoms with Crippen molar-refractivity contribution in [3.8, 4) is 12.1 Å². The van der Waals surface area contributed by atoms with Crippen molar-refractivity contribution in [2.75, 3.05) is 5.43 Å². The van der Waals surface area contributed by atoms with Crippen molar-refractivity contribution in [1.29, 1.82) is 10.5 Å². The van der Waals surface area contributed by atoms with Gasteiger partial charge >= 0.3 is 5.69 Å². The van der Waals surface area contributed by atoms with E-state index in [2.05, 4.69) is 10.5 Å². The minimum Gasteiger partial charge on any atom is -0.295 e. The summed E-state index contributed by atoms with van der Waals surface area (Å²) in [6, 6.07) is 8.61. The van der Waals surface area contributed by atoms with Crippen molar-refractivity contribution in [1.82, 2.24) is 9.13 Å². The lowest BCUT2D eigenvalue weighted by Gasteiger charge is -2.02. The maximum absolute atomic E-state index is 12.0. The third-order valence-corrected chi connectivity index (χ3v) is 2.97. The maximum atomic E-state index is 12.0. The van der Waals surface area contributed by atoms with Crippen molar-refractivity contribution >= 4 is 22.4 Å². The Balaban J connectivity index is 2.49. The predicted molar refractivity (Wildman–Crippen MR) is 75.1 cm³/mol. The van der Waals surface area contributed by atoms with Crippen LogP contribution in [0.2, 0.25) is 0 Å². The summed E-state index contributed by atoms with van der Waals surface area (Å²) in [5, 5.41) is 20.9. The summed E-state index contributed by atoms with van der Waals surface area (Å²) in [6.07, 6.45) is 0. The molecule has 100 valence electrons. The minimum atomic E-state index is -0.259. The molecule has 0 amide bonds. The number of anilines is 1. The largest absolute Gasteiger partial charge is 0.328 e. The van der Waals surface area contributed by atoms with Crippen LogP contribution >= 0.6 is 0 Å². The number of rotatable bonds is 3. The van der Waals surface area contributed by atoms with E-state index in [0.717, 1.165) is 11.0 Å². The number of aryl methyl sites for hydroxylation is 2. The molecule has 1 aromatic heterocycles. The van der Waals surface area contributed by atoms with Gasteiger partial charge in [-0.1, -0.05) is 0 Å². The van der Waals surface area contributed by atoms with Crippen LogP contribution in [0, 0.1) is 22.7 Å². The molecule has 0 unspecified atom stereocenters. The van der Waals surface area contributed by atoms with E-state index in [4.69, 9.17) is 10.5 Å². The molecular formula is C13H12N6O. The Morgan fingerprint density at radius 3 is 2.65 bits per heavy atom. The maximum Gasteiger partial charge on any atom is 0.328 e. The van der Waals surface area contributed by atoms with E-state index in [1.165, 1.54) is 0 Å². The van der Waals surface area contributed by atoms with Gasteiger partial charge in [0.25, 0.3) is 0 Å². The van der Waals surface area contributed by atoms with Crippen LogP contribution in [0.4, 0.5) is 5.69 Å². The highest BCUT2D eigenvalue weighted by Crippen LogP contribution is 2.18. The first kappa shape index (κ1) is 13.4. The monoisotopic (exact) mass is 268 g/mol. The topological polar surface area (TPSA) is 98.9 Å². The van der Waals surface area contributed by atoms with Crippen LogP contribution in [0.15, 0.2) is 28.1 Å². The molecule has 0 saturated carbocycles. The highest BCUT2D eigenvalue weighted by atomic mass is 16.1. The molecule has 0 saturated heterocycles. The van der Waals surface area contributed by atoms with E-state index in [0.29, 0.717) is 12.2 Å². The fourth-order valence-electron chi connectivity index (χ4n) is 1.98. The van der Waals surface area contributed by atoms with Crippen molar-refractivity contribution in [2.24, 2.45) is 12.1 Å². The molecule has 0 aliphatic rings. The quantitative estimate of drug-likeness (QED) is 0.667. The number of benzene rings is 1. The van der Waals surface area contributed by atoms with Gasteiger partial charge in [-0.05, 0) is 25.1 Å². The fourth-order valence-corrected chi connectivity index (χ4v) is 1.98. The van der Waals surface area contributed by atoms with Gasteiger partial charge in [-0.15, -0.1) is 0 Å². The Kier molecular flexibility index (Phi) is 3.54. The van der Waals surface area contributed by atoms with Gasteiger partial charge in [-0.3, -0.25) is 14.6 Å². The number of fused-ring (bicyclic) bond motifs is 1. The van der Waals surface area contributed by atoms with Crippen molar-refractivity contribution in [3.63, 3.8) is 0 Å². The number of hydrogen-bond acceptors (Lipinski definition) is 5. The number of nitriles is 2. The zero-order valence-electron chi connectivity index (χ0n) is 11.1. The lowest BCUT2D eigenvalue weighted by atomic mass is 10.2. The first-order valence-corrected chi connectivity index (χ1v) is 5.95. The SMILES string of the molecule is CCn1c(=O)n(C)c2cc(NN=C(C#N)C#N)ccc21. The standard InChI is InChI=1S/C13H12N6O/c1-3-19-11-5-4-9(16-17-10(7-14)8-15)6-12(11)18(2)13(19)20/h4-6,16H,3H2,1-2H3. The molecule has 0 aliphatic heterocycles. The van der Waals surface area contributed by atoms with E-state index in [1.54, 1.807) is 46.5 Å². The Morgan fingerprint density at radius 1 is 1.35 bits per heavy atom. The number of imidazole rings is 1. The Hall–Kier alpha value is -3.06. The molecule has 0 fully saturated rings. The van der Waals surface area contributed by atoms with Gasteiger partial charge in [-0.2, -0.15) is 15.6 Å². The van der Waals surface area contributed by atoms with E-state index in [-0.39, 0.29) is 11.4 Å². The number of hydrogen-bond donors (Lipinski definition) is 1.